The maximum absolute atomic E-state index is 4.55. The number of hydrogen-bond acceptors (Lipinski definition) is 3. The molecule has 20 heavy (non-hydrogen) atoms. The van der Waals surface area contributed by atoms with E-state index in [9.17, 15) is 0 Å². The Morgan fingerprint density at radius 2 is 1.90 bits per heavy atom. The van der Waals surface area contributed by atoms with Gasteiger partial charge in [0.1, 0.15) is 11.3 Å². The first-order valence-corrected chi connectivity index (χ1v) is 6.50. The van der Waals surface area contributed by atoms with Gasteiger partial charge in [-0.3, -0.25) is 0 Å². The summed E-state index contributed by atoms with van der Waals surface area (Å²) in [5.41, 5.74) is 5.02. The summed E-state index contributed by atoms with van der Waals surface area (Å²) in [7, 11) is 0. The third-order valence-corrected chi connectivity index (χ3v) is 3.33. The standard InChI is InChI=1S/C15H13N5/c1-2-5-11-10(4-1)19-14(20-11)8-16-12-6-3-7-13-15(12)18-9-17-13/h1-7,9,16H,8H2,(H,17,18)(H,19,20). The summed E-state index contributed by atoms with van der Waals surface area (Å²) in [6.45, 7) is 0.640. The Bertz CT molecular complexity index is 841. The minimum Gasteiger partial charge on any atom is -0.376 e. The average Bonchev–Trinajstić information content (AvgIpc) is 3.11. The Morgan fingerprint density at radius 3 is 2.85 bits per heavy atom. The Balaban J connectivity index is 1.62. The second-order valence-corrected chi connectivity index (χ2v) is 4.66. The molecule has 3 N–H and O–H groups in total. The topological polar surface area (TPSA) is 69.4 Å². The lowest BCUT2D eigenvalue weighted by Gasteiger charge is -2.04. The molecule has 0 radical (unpaired) electrons. The highest BCUT2D eigenvalue weighted by atomic mass is 15.0. The zero-order valence-corrected chi connectivity index (χ0v) is 10.7. The molecule has 0 aliphatic heterocycles. The first-order valence-electron chi connectivity index (χ1n) is 6.50. The number of benzene rings is 2. The molecule has 5 nitrogen and oxygen atoms in total. The summed E-state index contributed by atoms with van der Waals surface area (Å²) >= 11 is 0. The van der Waals surface area contributed by atoms with Crippen LogP contribution in [0.3, 0.4) is 0 Å². The normalized spacial score (nSPS) is 11.2. The van der Waals surface area contributed by atoms with E-state index < -0.39 is 0 Å². The highest BCUT2D eigenvalue weighted by Gasteiger charge is 2.05. The minimum atomic E-state index is 0.640. The molecule has 0 bridgehead atoms. The van der Waals surface area contributed by atoms with E-state index in [0.717, 1.165) is 33.6 Å². The predicted molar refractivity (Wildman–Crippen MR) is 79.5 cm³/mol. The monoisotopic (exact) mass is 263 g/mol. The molecular weight excluding hydrogens is 250 g/mol. The number of aromatic nitrogens is 4. The Morgan fingerprint density at radius 1 is 1.00 bits per heavy atom. The van der Waals surface area contributed by atoms with Crippen LogP contribution in [0.2, 0.25) is 0 Å². The number of hydrogen-bond donors (Lipinski definition) is 3. The molecule has 2 aromatic carbocycles. The Labute approximate surface area is 115 Å². The van der Waals surface area contributed by atoms with Gasteiger partial charge in [-0.1, -0.05) is 18.2 Å². The van der Waals surface area contributed by atoms with E-state index in [1.165, 1.54) is 0 Å². The van der Waals surface area contributed by atoms with Crippen LogP contribution < -0.4 is 5.32 Å². The van der Waals surface area contributed by atoms with Crippen molar-refractivity contribution in [1.29, 1.82) is 0 Å². The maximum Gasteiger partial charge on any atom is 0.126 e. The van der Waals surface area contributed by atoms with Crippen LogP contribution in [0.4, 0.5) is 5.69 Å². The third kappa shape index (κ3) is 1.80. The molecular formula is C15H13N5. The molecule has 98 valence electrons. The van der Waals surface area contributed by atoms with Gasteiger partial charge in [0.25, 0.3) is 0 Å². The SMILES string of the molecule is c1ccc2[nH]c(CNc3cccc4[nH]cnc34)nc2c1. The molecule has 0 aliphatic carbocycles. The van der Waals surface area contributed by atoms with Gasteiger partial charge in [0.2, 0.25) is 0 Å². The number of para-hydroxylation sites is 3. The van der Waals surface area contributed by atoms with E-state index in [4.69, 9.17) is 0 Å². The molecule has 2 aromatic heterocycles. The highest BCUT2D eigenvalue weighted by Crippen LogP contribution is 2.20. The molecule has 0 saturated carbocycles. The summed E-state index contributed by atoms with van der Waals surface area (Å²) in [6.07, 6.45) is 1.71. The van der Waals surface area contributed by atoms with Gasteiger partial charge in [-0.25, -0.2) is 9.97 Å². The van der Waals surface area contributed by atoms with Crippen molar-refractivity contribution in [2.45, 2.75) is 6.54 Å². The van der Waals surface area contributed by atoms with E-state index in [-0.39, 0.29) is 0 Å². The Kier molecular flexibility index (Phi) is 2.42. The van der Waals surface area contributed by atoms with Gasteiger partial charge in [-0.05, 0) is 24.3 Å². The number of anilines is 1. The predicted octanol–water partition coefficient (Wildman–Crippen LogP) is 3.05. The molecule has 0 fully saturated rings. The molecule has 5 heteroatoms. The summed E-state index contributed by atoms with van der Waals surface area (Å²) < 4.78 is 0. The van der Waals surface area contributed by atoms with Crippen molar-refractivity contribution < 1.29 is 0 Å². The zero-order chi connectivity index (χ0) is 13.4. The maximum atomic E-state index is 4.55. The average molecular weight is 263 g/mol. The molecule has 0 saturated heterocycles. The fraction of sp³-hybridized carbons (Fsp3) is 0.0667. The fourth-order valence-corrected chi connectivity index (χ4v) is 2.38. The summed E-state index contributed by atoms with van der Waals surface area (Å²) in [4.78, 5) is 15.3. The number of rotatable bonds is 3. The number of aromatic amines is 2. The van der Waals surface area contributed by atoms with Crippen LogP contribution in [0, 0.1) is 0 Å². The van der Waals surface area contributed by atoms with Crippen molar-refractivity contribution in [3.8, 4) is 0 Å². The second-order valence-electron chi connectivity index (χ2n) is 4.66. The fourth-order valence-electron chi connectivity index (χ4n) is 2.38. The van der Waals surface area contributed by atoms with Crippen LogP contribution in [0.1, 0.15) is 5.82 Å². The first-order chi connectivity index (χ1) is 9.90. The highest BCUT2D eigenvalue weighted by molar-refractivity contribution is 5.87. The number of nitrogens with one attached hydrogen (secondary N) is 3. The van der Waals surface area contributed by atoms with Crippen LogP contribution in [-0.4, -0.2) is 19.9 Å². The molecule has 0 atom stereocenters. The largest absolute Gasteiger partial charge is 0.376 e. The molecule has 0 amide bonds. The van der Waals surface area contributed by atoms with Crippen molar-refractivity contribution in [3.05, 3.63) is 54.6 Å². The lowest BCUT2D eigenvalue weighted by Crippen LogP contribution is -2.01. The van der Waals surface area contributed by atoms with E-state index in [0.29, 0.717) is 6.54 Å². The van der Waals surface area contributed by atoms with E-state index in [1.54, 1.807) is 6.33 Å². The smallest absolute Gasteiger partial charge is 0.126 e. The molecule has 4 rings (SSSR count). The molecule has 0 spiro atoms. The minimum absolute atomic E-state index is 0.640. The lowest BCUT2D eigenvalue weighted by atomic mass is 10.2. The van der Waals surface area contributed by atoms with Gasteiger partial charge in [0.05, 0.1) is 35.1 Å². The van der Waals surface area contributed by atoms with Crippen LogP contribution in [0.5, 0.6) is 0 Å². The number of nitrogens with zero attached hydrogens (tertiary/aromatic N) is 2. The number of H-pyrrole nitrogens is 2. The van der Waals surface area contributed by atoms with Crippen molar-refractivity contribution in [2.75, 3.05) is 5.32 Å². The van der Waals surface area contributed by atoms with Crippen molar-refractivity contribution in [3.63, 3.8) is 0 Å². The van der Waals surface area contributed by atoms with Gasteiger partial charge in [0.15, 0.2) is 0 Å². The van der Waals surface area contributed by atoms with Crippen LogP contribution in [-0.2, 0) is 6.54 Å². The second kappa shape index (κ2) is 4.38. The van der Waals surface area contributed by atoms with Gasteiger partial charge in [-0.2, -0.15) is 0 Å². The van der Waals surface area contributed by atoms with Crippen molar-refractivity contribution >= 4 is 27.8 Å². The van der Waals surface area contributed by atoms with Crippen molar-refractivity contribution in [2.24, 2.45) is 0 Å². The molecule has 0 unspecified atom stereocenters. The molecule has 0 aliphatic rings. The Hall–Kier alpha value is -2.82. The quantitative estimate of drug-likeness (QED) is 0.532. The number of imidazole rings is 2. The molecule has 4 aromatic rings. The lowest BCUT2D eigenvalue weighted by molar-refractivity contribution is 1.01. The van der Waals surface area contributed by atoms with Gasteiger partial charge >= 0.3 is 0 Å². The van der Waals surface area contributed by atoms with Crippen LogP contribution in [0.25, 0.3) is 22.1 Å². The zero-order valence-electron chi connectivity index (χ0n) is 10.7. The summed E-state index contributed by atoms with van der Waals surface area (Å²) in [5.74, 6) is 0.915. The van der Waals surface area contributed by atoms with Crippen molar-refractivity contribution in [1.82, 2.24) is 19.9 Å². The van der Waals surface area contributed by atoms with Gasteiger partial charge < -0.3 is 15.3 Å². The number of fused-ring (bicyclic) bond motifs is 2. The van der Waals surface area contributed by atoms with E-state index >= 15 is 0 Å². The van der Waals surface area contributed by atoms with E-state index in [1.807, 2.05) is 42.5 Å². The van der Waals surface area contributed by atoms with Gasteiger partial charge in [0, 0.05) is 0 Å². The van der Waals surface area contributed by atoms with Gasteiger partial charge in [-0.15, -0.1) is 0 Å². The first kappa shape index (κ1) is 11.0. The van der Waals surface area contributed by atoms with E-state index in [2.05, 4.69) is 25.3 Å². The summed E-state index contributed by atoms with van der Waals surface area (Å²) in [5, 5.41) is 3.37. The summed E-state index contributed by atoms with van der Waals surface area (Å²) in [6, 6.07) is 14.1. The third-order valence-electron chi connectivity index (χ3n) is 3.33. The molecule has 2 heterocycles. The van der Waals surface area contributed by atoms with Crippen LogP contribution >= 0.6 is 0 Å². The van der Waals surface area contributed by atoms with Crippen LogP contribution in [0.15, 0.2) is 48.8 Å².